The molecule has 1 rings (SSSR count). The summed E-state index contributed by atoms with van der Waals surface area (Å²) in [5.74, 6) is 1.91. The average Bonchev–Trinajstić information content (AvgIpc) is 2.22. The summed E-state index contributed by atoms with van der Waals surface area (Å²) in [6.07, 6.45) is 2.49. The molecule has 2 unspecified atom stereocenters. The van der Waals surface area contributed by atoms with Gasteiger partial charge in [0.15, 0.2) is 0 Å². The summed E-state index contributed by atoms with van der Waals surface area (Å²) in [5, 5.41) is 0. The van der Waals surface area contributed by atoms with E-state index in [0.29, 0.717) is 11.8 Å². The number of hydrogen-bond donors (Lipinski definition) is 0. The minimum absolute atomic E-state index is 0.507. The maximum absolute atomic E-state index is 6.07. The van der Waals surface area contributed by atoms with Crippen molar-refractivity contribution in [3.8, 4) is 0 Å². The van der Waals surface area contributed by atoms with Gasteiger partial charge in [0.05, 0.1) is 0 Å². The highest BCUT2D eigenvalue weighted by atomic mass is 35.5. The summed E-state index contributed by atoms with van der Waals surface area (Å²) in [6, 6.07) is 8.78. The van der Waals surface area contributed by atoms with E-state index in [2.05, 4.69) is 45.0 Å². The Morgan fingerprint density at radius 2 is 1.80 bits per heavy atom. The minimum atomic E-state index is 0.507. The first-order chi connectivity index (χ1) is 7.19. The summed E-state index contributed by atoms with van der Waals surface area (Å²) in [5.41, 5.74) is 2.70. The summed E-state index contributed by atoms with van der Waals surface area (Å²) >= 11 is 6.07. The van der Waals surface area contributed by atoms with Crippen LogP contribution >= 0.6 is 11.6 Å². The molecule has 1 aromatic carbocycles. The van der Waals surface area contributed by atoms with Gasteiger partial charge in [-0.25, -0.2) is 0 Å². The third-order valence-electron chi connectivity index (χ3n) is 3.10. The predicted molar refractivity (Wildman–Crippen MR) is 68.7 cm³/mol. The molecule has 0 N–H and O–H groups in total. The molecular weight excluding hydrogens is 204 g/mol. The molecule has 2 atom stereocenters. The maximum atomic E-state index is 6.07. The first-order valence-electron chi connectivity index (χ1n) is 5.81. The van der Waals surface area contributed by atoms with Gasteiger partial charge in [-0.15, -0.1) is 11.6 Å². The molecule has 0 aliphatic heterocycles. The SMILES string of the molecule is CCCC(C)C(CCl)c1ccc(C)cc1. The molecule has 0 spiro atoms. The molecule has 0 amide bonds. The van der Waals surface area contributed by atoms with Crippen LogP contribution in [0.1, 0.15) is 43.7 Å². The van der Waals surface area contributed by atoms with Gasteiger partial charge in [0.1, 0.15) is 0 Å². The van der Waals surface area contributed by atoms with Crippen LogP contribution in [0, 0.1) is 12.8 Å². The lowest BCUT2D eigenvalue weighted by Gasteiger charge is -2.22. The number of rotatable bonds is 5. The van der Waals surface area contributed by atoms with Crippen LogP contribution in [0.4, 0.5) is 0 Å². The third-order valence-corrected chi connectivity index (χ3v) is 3.44. The summed E-state index contributed by atoms with van der Waals surface area (Å²) < 4.78 is 0. The second-order valence-corrected chi connectivity index (χ2v) is 4.75. The first-order valence-corrected chi connectivity index (χ1v) is 6.35. The van der Waals surface area contributed by atoms with Crippen LogP contribution in [0.25, 0.3) is 0 Å². The van der Waals surface area contributed by atoms with E-state index in [1.165, 1.54) is 24.0 Å². The van der Waals surface area contributed by atoms with Crippen LogP contribution < -0.4 is 0 Å². The van der Waals surface area contributed by atoms with Gasteiger partial charge in [0, 0.05) is 5.88 Å². The predicted octanol–water partition coefficient (Wildman–Crippen LogP) is 4.75. The molecule has 0 heterocycles. The highest BCUT2D eigenvalue weighted by molar-refractivity contribution is 6.18. The van der Waals surface area contributed by atoms with Crippen LogP contribution in [0.15, 0.2) is 24.3 Å². The number of halogens is 1. The van der Waals surface area contributed by atoms with Gasteiger partial charge in [-0.2, -0.15) is 0 Å². The van der Waals surface area contributed by atoms with E-state index in [-0.39, 0.29) is 0 Å². The highest BCUT2D eigenvalue weighted by Gasteiger charge is 2.17. The molecule has 15 heavy (non-hydrogen) atoms. The Morgan fingerprint density at radius 1 is 1.20 bits per heavy atom. The van der Waals surface area contributed by atoms with Gasteiger partial charge in [-0.05, 0) is 24.3 Å². The van der Waals surface area contributed by atoms with Gasteiger partial charge in [0.2, 0.25) is 0 Å². The molecule has 0 saturated heterocycles. The van der Waals surface area contributed by atoms with Crippen molar-refractivity contribution in [2.75, 3.05) is 5.88 Å². The van der Waals surface area contributed by atoms with Crippen molar-refractivity contribution in [2.45, 2.75) is 39.5 Å². The van der Waals surface area contributed by atoms with Gasteiger partial charge in [-0.3, -0.25) is 0 Å². The van der Waals surface area contributed by atoms with E-state index < -0.39 is 0 Å². The Bertz CT molecular complexity index is 276. The average molecular weight is 225 g/mol. The van der Waals surface area contributed by atoms with Crippen LogP contribution in [-0.2, 0) is 0 Å². The summed E-state index contributed by atoms with van der Waals surface area (Å²) in [4.78, 5) is 0. The summed E-state index contributed by atoms with van der Waals surface area (Å²) in [6.45, 7) is 6.66. The molecule has 0 nitrogen and oxygen atoms in total. The fourth-order valence-corrected chi connectivity index (χ4v) is 2.52. The van der Waals surface area contributed by atoms with Crippen LogP contribution in [0.3, 0.4) is 0 Å². The van der Waals surface area contributed by atoms with Crippen molar-refractivity contribution in [3.63, 3.8) is 0 Å². The Kier molecular flexibility index (Phi) is 5.17. The maximum Gasteiger partial charge on any atom is 0.0294 e. The fraction of sp³-hybridized carbons (Fsp3) is 0.571. The van der Waals surface area contributed by atoms with E-state index in [0.717, 1.165) is 5.88 Å². The Labute approximate surface area is 98.7 Å². The van der Waals surface area contributed by atoms with Crippen molar-refractivity contribution in [1.82, 2.24) is 0 Å². The van der Waals surface area contributed by atoms with Gasteiger partial charge in [-0.1, -0.05) is 56.5 Å². The largest absolute Gasteiger partial charge is 0.126 e. The van der Waals surface area contributed by atoms with Crippen molar-refractivity contribution in [3.05, 3.63) is 35.4 Å². The molecule has 1 aromatic rings. The van der Waals surface area contributed by atoms with E-state index >= 15 is 0 Å². The minimum Gasteiger partial charge on any atom is -0.126 e. The molecule has 0 bridgehead atoms. The van der Waals surface area contributed by atoms with E-state index in [4.69, 9.17) is 11.6 Å². The Morgan fingerprint density at radius 3 is 2.27 bits per heavy atom. The topological polar surface area (TPSA) is 0 Å². The monoisotopic (exact) mass is 224 g/mol. The van der Waals surface area contributed by atoms with Crippen molar-refractivity contribution in [1.29, 1.82) is 0 Å². The molecule has 0 aromatic heterocycles. The van der Waals surface area contributed by atoms with E-state index in [1.54, 1.807) is 0 Å². The van der Waals surface area contributed by atoms with Crippen LogP contribution in [0.5, 0.6) is 0 Å². The van der Waals surface area contributed by atoms with Crippen molar-refractivity contribution in [2.24, 2.45) is 5.92 Å². The highest BCUT2D eigenvalue weighted by Crippen LogP contribution is 2.29. The zero-order valence-corrected chi connectivity index (χ0v) is 10.7. The van der Waals surface area contributed by atoms with Crippen molar-refractivity contribution < 1.29 is 0 Å². The van der Waals surface area contributed by atoms with Crippen molar-refractivity contribution >= 4 is 11.6 Å². The van der Waals surface area contributed by atoms with E-state index in [9.17, 15) is 0 Å². The number of aryl methyl sites for hydroxylation is 1. The molecule has 0 aliphatic rings. The normalized spacial score (nSPS) is 14.9. The number of benzene rings is 1. The quantitative estimate of drug-likeness (QED) is 0.633. The lowest BCUT2D eigenvalue weighted by atomic mass is 9.86. The number of alkyl halides is 1. The lowest BCUT2D eigenvalue weighted by Crippen LogP contribution is -2.11. The second-order valence-electron chi connectivity index (χ2n) is 4.44. The molecule has 0 aliphatic carbocycles. The molecule has 0 radical (unpaired) electrons. The molecular formula is C14H21Cl. The lowest BCUT2D eigenvalue weighted by molar-refractivity contribution is 0.451. The molecule has 0 fully saturated rings. The van der Waals surface area contributed by atoms with Gasteiger partial charge < -0.3 is 0 Å². The number of hydrogen-bond acceptors (Lipinski definition) is 0. The van der Waals surface area contributed by atoms with Crippen LogP contribution in [0.2, 0.25) is 0 Å². The standard InChI is InChI=1S/C14H21Cl/c1-4-5-12(3)14(10-15)13-8-6-11(2)7-9-13/h6-9,12,14H,4-5,10H2,1-3H3. The van der Waals surface area contributed by atoms with Gasteiger partial charge in [0.25, 0.3) is 0 Å². The Balaban J connectivity index is 2.77. The third kappa shape index (κ3) is 3.53. The van der Waals surface area contributed by atoms with E-state index in [1.807, 2.05) is 0 Å². The summed E-state index contributed by atoms with van der Waals surface area (Å²) in [7, 11) is 0. The molecule has 1 heteroatoms. The zero-order chi connectivity index (χ0) is 11.3. The smallest absolute Gasteiger partial charge is 0.0294 e. The second kappa shape index (κ2) is 6.17. The fourth-order valence-electron chi connectivity index (χ4n) is 2.04. The van der Waals surface area contributed by atoms with Gasteiger partial charge >= 0.3 is 0 Å². The Hall–Kier alpha value is -0.490. The molecule has 84 valence electrons. The zero-order valence-electron chi connectivity index (χ0n) is 9.96. The first kappa shape index (κ1) is 12.6. The molecule has 0 saturated carbocycles. The van der Waals surface area contributed by atoms with Crippen LogP contribution in [-0.4, -0.2) is 5.88 Å².